The molecule has 0 unspecified atom stereocenters. The van der Waals surface area contributed by atoms with Crippen molar-refractivity contribution in [1.29, 1.82) is 0 Å². The van der Waals surface area contributed by atoms with Crippen molar-refractivity contribution in [2.45, 2.75) is 33.2 Å². The Hall–Kier alpha value is -3.15. The summed E-state index contributed by atoms with van der Waals surface area (Å²) in [5.41, 5.74) is 4.00. The molecule has 3 heterocycles. The van der Waals surface area contributed by atoms with Gasteiger partial charge in [-0.1, -0.05) is 18.2 Å². The standard InChI is InChI=1S/C21H21N5O/c1-14-19(23-24-26(14)17-4-3-9-22-11-17)15-5-6-18-16(10-15)12-25(20(18)27)13-21(2)7-8-21/h3-6,9-12,27H,7-8,13H2,1-2H3. The molecule has 1 N–H and O–H groups in total. The highest BCUT2D eigenvalue weighted by Crippen LogP contribution is 2.47. The van der Waals surface area contributed by atoms with Gasteiger partial charge < -0.3 is 9.67 Å². The lowest BCUT2D eigenvalue weighted by molar-refractivity contribution is 0.380. The summed E-state index contributed by atoms with van der Waals surface area (Å²) < 4.78 is 3.77. The lowest BCUT2D eigenvalue weighted by Gasteiger charge is -2.10. The molecule has 0 saturated heterocycles. The van der Waals surface area contributed by atoms with Crippen molar-refractivity contribution >= 4 is 10.8 Å². The number of benzene rings is 1. The second kappa shape index (κ2) is 5.67. The van der Waals surface area contributed by atoms with Gasteiger partial charge in [0, 0.05) is 35.3 Å². The van der Waals surface area contributed by atoms with E-state index in [1.165, 1.54) is 12.8 Å². The van der Waals surface area contributed by atoms with Gasteiger partial charge in [-0.25, -0.2) is 4.68 Å². The third-order valence-corrected chi connectivity index (χ3v) is 5.57. The molecular weight excluding hydrogens is 338 g/mol. The van der Waals surface area contributed by atoms with E-state index in [4.69, 9.17) is 0 Å². The van der Waals surface area contributed by atoms with Crippen LogP contribution < -0.4 is 0 Å². The minimum Gasteiger partial charge on any atom is -0.494 e. The average molecular weight is 359 g/mol. The number of hydrogen-bond donors (Lipinski definition) is 1. The first-order valence-electron chi connectivity index (χ1n) is 9.19. The van der Waals surface area contributed by atoms with E-state index in [1.807, 2.05) is 42.0 Å². The van der Waals surface area contributed by atoms with Crippen LogP contribution in [-0.4, -0.2) is 29.7 Å². The van der Waals surface area contributed by atoms with E-state index < -0.39 is 0 Å². The monoisotopic (exact) mass is 359 g/mol. The van der Waals surface area contributed by atoms with E-state index in [0.29, 0.717) is 11.3 Å². The SMILES string of the molecule is Cc1c(-c2ccc3c(O)n(CC4(C)CC4)cc3c2)nnn1-c1cccnc1. The fourth-order valence-corrected chi connectivity index (χ4v) is 3.63. The summed E-state index contributed by atoms with van der Waals surface area (Å²) in [4.78, 5) is 4.15. The predicted octanol–water partition coefficient (Wildman–Crippen LogP) is 4.10. The molecular formula is C21H21N5O. The summed E-state index contributed by atoms with van der Waals surface area (Å²) in [6.45, 7) is 5.13. The van der Waals surface area contributed by atoms with Crippen LogP contribution in [-0.2, 0) is 6.54 Å². The molecule has 27 heavy (non-hydrogen) atoms. The van der Waals surface area contributed by atoms with E-state index in [0.717, 1.165) is 40.0 Å². The van der Waals surface area contributed by atoms with Gasteiger partial charge in [-0.15, -0.1) is 5.10 Å². The maximum atomic E-state index is 10.6. The van der Waals surface area contributed by atoms with Crippen molar-refractivity contribution in [3.8, 4) is 22.8 Å². The van der Waals surface area contributed by atoms with Gasteiger partial charge in [0.25, 0.3) is 0 Å². The van der Waals surface area contributed by atoms with Gasteiger partial charge in [-0.05, 0) is 49.4 Å². The molecule has 0 atom stereocenters. The summed E-state index contributed by atoms with van der Waals surface area (Å²) in [7, 11) is 0. The van der Waals surface area contributed by atoms with Crippen LogP contribution >= 0.6 is 0 Å². The summed E-state index contributed by atoms with van der Waals surface area (Å²) in [6.07, 6.45) is 8.00. The van der Waals surface area contributed by atoms with Crippen LogP contribution in [0.25, 0.3) is 27.7 Å². The molecule has 0 aliphatic heterocycles. The molecule has 6 heteroatoms. The van der Waals surface area contributed by atoms with Crippen LogP contribution in [0.15, 0.2) is 48.9 Å². The first-order valence-corrected chi connectivity index (χ1v) is 9.19. The second-order valence-electron chi connectivity index (χ2n) is 7.84. The molecule has 1 aromatic carbocycles. The lowest BCUT2D eigenvalue weighted by Crippen LogP contribution is -2.05. The number of nitrogens with zero attached hydrogens (tertiary/aromatic N) is 5. The highest BCUT2D eigenvalue weighted by atomic mass is 16.3. The molecule has 0 radical (unpaired) electrons. The van der Waals surface area contributed by atoms with Gasteiger partial charge in [0.05, 0.1) is 17.6 Å². The summed E-state index contributed by atoms with van der Waals surface area (Å²) >= 11 is 0. The summed E-state index contributed by atoms with van der Waals surface area (Å²) in [5.74, 6) is 0.348. The molecule has 0 spiro atoms. The maximum Gasteiger partial charge on any atom is 0.199 e. The van der Waals surface area contributed by atoms with Gasteiger partial charge in [-0.3, -0.25) is 4.98 Å². The Balaban J connectivity index is 1.55. The lowest BCUT2D eigenvalue weighted by atomic mass is 10.1. The van der Waals surface area contributed by atoms with Crippen molar-refractivity contribution in [3.05, 3.63) is 54.6 Å². The van der Waals surface area contributed by atoms with E-state index >= 15 is 0 Å². The van der Waals surface area contributed by atoms with Gasteiger partial charge in [-0.2, -0.15) is 0 Å². The predicted molar refractivity (Wildman–Crippen MR) is 104 cm³/mol. The molecule has 4 aromatic rings. The molecule has 136 valence electrons. The third kappa shape index (κ3) is 2.68. The fraction of sp³-hybridized carbons (Fsp3) is 0.286. The van der Waals surface area contributed by atoms with Crippen LogP contribution in [0.1, 0.15) is 25.5 Å². The summed E-state index contributed by atoms with van der Waals surface area (Å²) in [5, 5.41) is 21.1. The van der Waals surface area contributed by atoms with E-state index in [1.54, 1.807) is 17.1 Å². The second-order valence-corrected chi connectivity index (χ2v) is 7.84. The third-order valence-electron chi connectivity index (χ3n) is 5.57. The van der Waals surface area contributed by atoms with Gasteiger partial charge in [0.15, 0.2) is 5.88 Å². The highest BCUT2D eigenvalue weighted by molar-refractivity contribution is 5.91. The molecule has 0 amide bonds. The van der Waals surface area contributed by atoms with E-state index in [2.05, 4.69) is 28.3 Å². The number of hydrogen-bond acceptors (Lipinski definition) is 4. The minimum atomic E-state index is 0.332. The van der Waals surface area contributed by atoms with Crippen molar-refractivity contribution in [1.82, 2.24) is 24.5 Å². The smallest absolute Gasteiger partial charge is 0.199 e. The molecule has 1 saturated carbocycles. The zero-order chi connectivity index (χ0) is 18.6. The van der Waals surface area contributed by atoms with Crippen LogP contribution in [0, 0.1) is 12.3 Å². The summed E-state index contributed by atoms with van der Waals surface area (Å²) in [6, 6.07) is 9.88. The largest absolute Gasteiger partial charge is 0.494 e. The van der Waals surface area contributed by atoms with Crippen molar-refractivity contribution in [2.75, 3.05) is 0 Å². The van der Waals surface area contributed by atoms with Gasteiger partial charge in [0.2, 0.25) is 0 Å². The van der Waals surface area contributed by atoms with Crippen molar-refractivity contribution in [2.24, 2.45) is 5.41 Å². The Labute approximate surface area is 157 Å². The molecule has 5 rings (SSSR count). The zero-order valence-electron chi connectivity index (χ0n) is 15.4. The number of fused-ring (bicyclic) bond motifs is 1. The van der Waals surface area contributed by atoms with Crippen molar-refractivity contribution in [3.63, 3.8) is 0 Å². The first kappa shape index (κ1) is 16.1. The number of aromatic hydroxyl groups is 1. The van der Waals surface area contributed by atoms with Crippen LogP contribution in [0.5, 0.6) is 5.88 Å². The van der Waals surface area contributed by atoms with Crippen molar-refractivity contribution < 1.29 is 5.11 Å². The highest BCUT2D eigenvalue weighted by Gasteiger charge is 2.38. The Kier molecular flexibility index (Phi) is 3.37. The number of aromatic nitrogens is 5. The zero-order valence-corrected chi connectivity index (χ0v) is 15.4. The molecule has 6 nitrogen and oxygen atoms in total. The maximum absolute atomic E-state index is 10.6. The van der Waals surface area contributed by atoms with Crippen LogP contribution in [0.4, 0.5) is 0 Å². The van der Waals surface area contributed by atoms with Gasteiger partial charge in [0.1, 0.15) is 5.69 Å². The Morgan fingerprint density at radius 3 is 2.81 bits per heavy atom. The first-order chi connectivity index (χ1) is 13.0. The Bertz CT molecular complexity index is 1140. The van der Waals surface area contributed by atoms with Crippen LogP contribution in [0.2, 0.25) is 0 Å². The quantitative estimate of drug-likeness (QED) is 0.596. The minimum absolute atomic E-state index is 0.332. The average Bonchev–Trinajstić information content (AvgIpc) is 3.15. The molecule has 3 aromatic heterocycles. The molecule has 1 aliphatic carbocycles. The number of pyridine rings is 1. The van der Waals surface area contributed by atoms with E-state index in [-0.39, 0.29) is 0 Å². The Morgan fingerprint density at radius 1 is 1.22 bits per heavy atom. The molecule has 0 bridgehead atoms. The molecule has 1 aliphatic rings. The number of rotatable bonds is 4. The Morgan fingerprint density at radius 2 is 2.07 bits per heavy atom. The van der Waals surface area contributed by atoms with Crippen LogP contribution in [0.3, 0.4) is 0 Å². The van der Waals surface area contributed by atoms with Gasteiger partial charge >= 0.3 is 0 Å². The topological polar surface area (TPSA) is 68.8 Å². The normalized spacial score (nSPS) is 15.3. The molecule has 1 fully saturated rings. The fourth-order valence-electron chi connectivity index (χ4n) is 3.63. The van der Waals surface area contributed by atoms with E-state index in [9.17, 15) is 5.11 Å².